The average molecular weight is 643 g/mol. The second-order valence-electron chi connectivity index (χ2n) is 11.1. The predicted octanol–water partition coefficient (Wildman–Crippen LogP) is 10.6. The van der Waals surface area contributed by atoms with Gasteiger partial charge in [0.2, 0.25) is 0 Å². The normalized spacial score (nSPS) is 17.3. The first-order chi connectivity index (χ1) is 21.4. The molecule has 1 heterocycles. The van der Waals surface area contributed by atoms with Gasteiger partial charge in [-0.3, -0.25) is 0 Å². The zero-order valence-electron chi connectivity index (χ0n) is 25.4. The zero-order chi connectivity index (χ0) is 32.8. The Morgan fingerprint density at radius 2 is 1.36 bits per heavy atom. The molecule has 45 heavy (non-hydrogen) atoms. The molecule has 4 rings (SSSR count). The van der Waals surface area contributed by atoms with Gasteiger partial charge in [0.05, 0.1) is 37.1 Å². The van der Waals surface area contributed by atoms with Crippen molar-refractivity contribution in [3.63, 3.8) is 0 Å². The molecule has 1 unspecified atom stereocenters. The predicted molar refractivity (Wildman–Crippen MR) is 156 cm³/mol. The molecular weight excluding hydrogens is 605 g/mol. The Labute approximate surface area is 258 Å². The van der Waals surface area contributed by atoms with E-state index in [9.17, 15) is 22.0 Å². The van der Waals surface area contributed by atoms with Crippen LogP contribution >= 0.6 is 0 Å². The Kier molecular flexibility index (Phi) is 11.3. The van der Waals surface area contributed by atoms with E-state index < -0.39 is 40.8 Å². The standard InChI is InChI=1S/C34H37F7O4/c1-4-7-21-8-13-28(44-20-21)23-16-29(42-14-5-2)31(30(17-23)43-15-6-3)22-9-11-24(12-10-22)34(40,41)45-25-18-26(35)32(27(36)19-25)33(37,38)39/h9-12,16-19,21,28H,4-8,13-15,20H2,1-3H3/t21?,28-/m0/s1. The Morgan fingerprint density at radius 3 is 1.82 bits per heavy atom. The van der Waals surface area contributed by atoms with E-state index in [4.69, 9.17) is 14.2 Å². The van der Waals surface area contributed by atoms with Crippen molar-refractivity contribution in [3.8, 4) is 28.4 Å². The van der Waals surface area contributed by atoms with Gasteiger partial charge in [-0.25, -0.2) is 8.78 Å². The first-order valence-electron chi connectivity index (χ1n) is 15.2. The van der Waals surface area contributed by atoms with E-state index in [1.165, 1.54) is 12.1 Å². The smallest absolute Gasteiger partial charge is 0.426 e. The van der Waals surface area contributed by atoms with Crippen LogP contribution < -0.4 is 14.2 Å². The molecule has 1 fully saturated rings. The molecule has 1 aliphatic heterocycles. The minimum atomic E-state index is -5.34. The first kappa shape index (κ1) is 34.4. The van der Waals surface area contributed by atoms with Gasteiger partial charge in [-0.15, -0.1) is 0 Å². The fourth-order valence-electron chi connectivity index (χ4n) is 5.35. The molecule has 0 spiro atoms. The molecule has 0 saturated carbocycles. The van der Waals surface area contributed by atoms with Crippen molar-refractivity contribution in [1.29, 1.82) is 0 Å². The lowest BCUT2D eigenvalue weighted by Crippen LogP contribution is -2.22. The fourth-order valence-corrected chi connectivity index (χ4v) is 5.35. The van der Waals surface area contributed by atoms with Crippen molar-refractivity contribution in [2.24, 2.45) is 5.92 Å². The van der Waals surface area contributed by atoms with Crippen LogP contribution in [0.4, 0.5) is 30.7 Å². The summed E-state index contributed by atoms with van der Waals surface area (Å²) in [5.74, 6) is -3.69. The van der Waals surface area contributed by atoms with Crippen molar-refractivity contribution in [2.75, 3.05) is 19.8 Å². The molecule has 0 N–H and O–H groups in total. The second-order valence-corrected chi connectivity index (χ2v) is 11.1. The Bertz CT molecular complexity index is 1360. The Morgan fingerprint density at radius 1 is 0.778 bits per heavy atom. The Hall–Kier alpha value is -3.47. The number of hydrogen-bond acceptors (Lipinski definition) is 4. The van der Waals surface area contributed by atoms with Crippen molar-refractivity contribution in [1.82, 2.24) is 0 Å². The summed E-state index contributed by atoms with van der Waals surface area (Å²) in [6.45, 7) is 7.54. The number of halogens is 7. The van der Waals surface area contributed by atoms with Crippen LogP contribution in [0, 0.1) is 17.6 Å². The summed E-state index contributed by atoms with van der Waals surface area (Å²) >= 11 is 0. The number of alkyl halides is 5. The summed E-state index contributed by atoms with van der Waals surface area (Å²) in [5.41, 5.74) is -0.918. The molecule has 3 aromatic rings. The molecule has 246 valence electrons. The fraction of sp³-hybridized carbons (Fsp3) is 0.471. The van der Waals surface area contributed by atoms with E-state index in [-0.39, 0.29) is 18.2 Å². The summed E-state index contributed by atoms with van der Waals surface area (Å²) in [6.07, 6.45) is -4.07. The third kappa shape index (κ3) is 8.42. The third-order valence-electron chi connectivity index (χ3n) is 7.51. The second kappa shape index (κ2) is 14.7. The summed E-state index contributed by atoms with van der Waals surface area (Å²) in [4.78, 5) is 0. The van der Waals surface area contributed by atoms with Crippen molar-refractivity contribution in [2.45, 2.75) is 77.7 Å². The molecule has 1 aliphatic rings. The maximum atomic E-state index is 15.0. The molecule has 0 aromatic heterocycles. The maximum Gasteiger partial charge on any atom is 0.426 e. The summed E-state index contributed by atoms with van der Waals surface area (Å²) in [7, 11) is 0. The highest BCUT2D eigenvalue weighted by molar-refractivity contribution is 5.78. The zero-order valence-corrected chi connectivity index (χ0v) is 25.4. The highest BCUT2D eigenvalue weighted by atomic mass is 19.4. The molecule has 0 radical (unpaired) electrons. The van der Waals surface area contributed by atoms with Gasteiger partial charge in [0.25, 0.3) is 0 Å². The van der Waals surface area contributed by atoms with Crippen LogP contribution in [0.3, 0.4) is 0 Å². The lowest BCUT2D eigenvalue weighted by atomic mass is 9.90. The molecule has 2 atom stereocenters. The summed E-state index contributed by atoms with van der Waals surface area (Å²) in [6, 6.07) is 8.87. The molecule has 0 aliphatic carbocycles. The monoisotopic (exact) mass is 642 g/mol. The van der Waals surface area contributed by atoms with Gasteiger partial charge >= 0.3 is 12.3 Å². The van der Waals surface area contributed by atoms with Gasteiger partial charge in [0.1, 0.15) is 34.4 Å². The van der Waals surface area contributed by atoms with Gasteiger partial charge in [0.15, 0.2) is 0 Å². The first-order valence-corrected chi connectivity index (χ1v) is 15.2. The number of ether oxygens (including phenoxy) is 4. The van der Waals surface area contributed by atoms with E-state index in [0.717, 1.165) is 56.2 Å². The van der Waals surface area contributed by atoms with Gasteiger partial charge in [-0.05, 0) is 73.4 Å². The van der Waals surface area contributed by atoms with E-state index >= 15 is 8.78 Å². The van der Waals surface area contributed by atoms with Gasteiger partial charge in [0, 0.05) is 12.1 Å². The highest BCUT2D eigenvalue weighted by Gasteiger charge is 2.40. The molecule has 0 amide bonds. The van der Waals surface area contributed by atoms with E-state index in [2.05, 4.69) is 11.7 Å². The molecule has 11 heteroatoms. The molecule has 3 aromatic carbocycles. The number of benzene rings is 3. The largest absolute Gasteiger partial charge is 0.493 e. The van der Waals surface area contributed by atoms with Crippen LogP contribution in [0.25, 0.3) is 11.1 Å². The summed E-state index contributed by atoms with van der Waals surface area (Å²) in [5, 5.41) is 0. The van der Waals surface area contributed by atoms with Gasteiger partial charge in [-0.1, -0.05) is 39.3 Å². The van der Waals surface area contributed by atoms with Crippen molar-refractivity contribution < 1.29 is 49.7 Å². The quantitative estimate of drug-likeness (QED) is 0.174. The minimum absolute atomic E-state index is 0.0738. The molecule has 4 nitrogen and oxygen atoms in total. The van der Waals surface area contributed by atoms with Crippen LogP contribution in [0.1, 0.15) is 82.1 Å². The van der Waals surface area contributed by atoms with E-state index in [1.54, 1.807) is 0 Å². The minimum Gasteiger partial charge on any atom is -0.493 e. The number of hydrogen-bond donors (Lipinski definition) is 0. The average Bonchev–Trinajstić information content (AvgIpc) is 2.98. The van der Waals surface area contributed by atoms with Crippen molar-refractivity contribution >= 4 is 0 Å². The van der Waals surface area contributed by atoms with Crippen LogP contribution in [0.2, 0.25) is 0 Å². The summed E-state index contributed by atoms with van der Waals surface area (Å²) < 4.78 is 120. The lowest BCUT2D eigenvalue weighted by molar-refractivity contribution is -0.185. The third-order valence-corrected chi connectivity index (χ3v) is 7.51. The van der Waals surface area contributed by atoms with Gasteiger partial charge in [-0.2, -0.15) is 22.0 Å². The maximum absolute atomic E-state index is 15.0. The lowest BCUT2D eigenvalue weighted by Gasteiger charge is -2.30. The molecular formula is C34H37F7O4. The van der Waals surface area contributed by atoms with E-state index in [1.807, 2.05) is 26.0 Å². The van der Waals surface area contributed by atoms with Gasteiger partial charge < -0.3 is 18.9 Å². The van der Waals surface area contributed by atoms with Crippen molar-refractivity contribution in [3.05, 3.63) is 76.9 Å². The highest BCUT2D eigenvalue weighted by Crippen LogP contribution is 2.45. The van der Waals surface area contributed by atoms with Crippen LogP contribution in [0.15, 0.2) is 48.5 Å². The van der Waals surface area contributed by atoms with Crippen LogP contribution in [-0.4, -0.2) is 19.8 Å². The van der Waals surface area contributed by atoms with Crippen LogP contribution in [-0.2, 0) is 17.0 Å². The molecule has 0 bridgehead atoms. The SMILES string of the molecule is CCCOc1cc([C@@H]2CCC(CCC)CO2)cc(OCCC)c1-c1ccc(C(F)(F)Oc2cc(F)c(C(F)(F)F)c(F)c2)cc1. The van der Waals surface area contributed by atoms with Crippen LogP contribution in [0.5, 0.6) is 17.2 Å². The Balaban J connectivity index is 1.65. The molecule has 1 saturated heterocycles. The topological polar surface area (TPSA) is 36.9 Å². The number of rotatable bonds is 13. The van der Waals surface area contributed by atoms with E-state index in [0.29, 0.717) is 48.4 Å².